The summed E-state index contributed by atoms with van der Waals surface area (Å²) in [6.45, 7) is 12.3. The number of alkyl halides is 1. The van der Waals surface area contributed by atoms with E-state index in [2.05, 4.69) is 32.8 Å². The van der Waals surface area contributed by atoms with Crippen LogP contribution in [0.5, 0.6) is 0 Å². The second kappa shape index (κ2) is 10.9. The van der Waals surface area contributed by atoms with Crippen LogP contribution in [0.1, 0.15) is 47.3 Å². The highest BCUT2D eigenvalue weighted by molar-refractivity contribution is 9.10. The summed E-state index contributed by atoms with van der Waals surface area (Å²) in [5.74, 6) is -1.00. The number of esters is 1. The van der Waals surface area contributed by atoms with Gasteiger partial charge in [0.15, 0.2) is 0 Å². The van der Waals surface area contributed by atoms with Crippen LogP contribution < -0.4 is 16.6 Å². The van der Waals surface area contributed by atoms with Crippen LogP contribution in [-0.4, -0.2) is 50.8 Å². The molecule has 1 aromatic heterocycles. The average Bonchev–Trinajstić information content (AvgIpc) is 3.06. The monoisotopic (exact) mass is 549 g/mol. The van der Waals surface area contributed by atoms with Gasteiger partial charge in [-0.15, -0.1) is 11.6 Å². The van der Waals surface area contributed by atoms with Crippen LogP contribution in [0.3, 0.4) is 0 Å². The highest BCUT2D eigenvalue weighted by Crippen LogP contribution is 2.34. The Morgan fingerprint density at radius 1 is 1.39 bits per heavy atom. The summed E-state index contributed by atoms with van der Waals surface area (Å²) in [4.78, 5) is 51.0. The molecule has 2 rings (SSSR count). The average molecular weight is 551 g/mol. The van der Waals surface area contributed by atoms with Gasteiger partial charge in [-0.25, -0.2) is 14.4 Å². The first kappa shape index (κ1) is 27.1. The summed E-state index contributed by atoms with van der Waals surface area (Å²) >= 11 is 9.53. The van der Waals surface area contributed by atoms with Crippen molar-refractivity contribution in [2.45, 2.75) is 76.5 Å². The number of carbonyl (C=O) groups excluding carboxylic acids is 2. The summed E-state index contributed by atoms with van der Waals surface area (Å²) < 4.78 is 18.1. The molecule has 10 nitrogen and oxygen atoms in total. The molecule has 1 saturated heterocycles. The standard InChI is InChI=1S/C21H29BrClN3O7/c1-7-13(31-18(28)15(10(2)3)24-20(30)33-21(4,5)6)16-12(23)8-14(32-16)26-9-11(22)17(27)25-19(26)29/h7,9-10,12-16H,1,8H2,2-6H3,(H,24,30)(H,25,27,29)/t12-,13?,14+,15-,16-/m0/s1. The van der Waals surface area contributed by atoms with Crippen molar-refractivity contribution >= 4 is 39.6 Å². The Kier molecular flexibility index (Phi) is 8.94. The van der Waals surface area contributed by atoms with Gasteiger partial charge in [-0.3, -0.25) is 14.3 Å². The number of alkyl carbamates (subject to hydrolysis) is 1. The molecule has 184 valence electrons. The van der Waals surface area contributed by atoms with Gasteiger partial charge in [0.05, 0.1) is 9.85 Å². The molecule has 2 heterocycles. The van der Waals surface area contributed by atoms with Crippen molar-refractivity contribution < 1.29 is 23.8 Å². The highest BCUT2D eigenvalue weighted by Gasteiger charge is 2.42. The van der Waals surface area contributed by atoms with Crippen molar-refractivity contribution in [3.8, 4) is 0 Å². The minimum Gasteiger partial charge on any atom is -0.454 e. The van der Waals surface area contributed by atoms with E-state index in [-0.39, 0.29) is 16.8 Å². The molecule has 12 heteroatoms. The molecule has 1 fully saturated rings. The van der Waals surface area contributed by atoms with Gasteiger partial charge in [-0.1, -0.05) is 20.4 Å². The first-order valence-electron chi connectivity index (χ1n) is 10.4. The summed E-state index contributed by atoms with van der Waals surface area (Å²) in [6, 6.07) is -0.981. The van der Waals surface area contributed by atoms with Gasteiger partial charge in [0.1, 0.15) is 30.1 Å². The van der Waals surface area contributed by atoms with E-state index < -0.39 is 58.8 Å². The van der Waals surface area contributed by atoms with Gasteiger partial charge in [0.25, 0.3) is 5.56 Å². The lowest BCUT2D eigenvalue weighted by molar-refractivity contribution is -0.158. The minimum atomic E-state index is -0.981. The van der Waals surface area contributed by atoms with E-state index in [1.807, 2.05) is 0 Å². The summed E-state index contributed by atoms with van der Waals surface area (Å²) in [6.07, 6.45) is -0.401. The molecule has 0 aliphatic carbocycles. The van der Waals surface area contributed by atoms with Crippen molar-refractivity contribution in [1.29, 1.82) is 0 Å². The predicted molar refractivity (Wildman–Crippen MR) is 125 cm³/mol. The molecule has 0 bridgehead atoms. The molecule has 1 aliphatic rings. The Balaban J connectivity index is 2.14. The third kappa shape index (κ3) is 7.18. The summed E-state index contributed by atoms with van der Waals surface area (Å²) in [5, 5.41) is 1.90. The summed E-state index contributed by atoms with van der Waals surface area (Å²) in [7, 11) is 0. The number of ether oxygens (including phenoxy) is 3. The largest absolute Gasteiger partial charge is 0.454 e. The Morgan fingerprint density at radius 2 is 2.03 bits per heavy atom. The topological polar surface area (TPSA) is 129 Å². The number of hydrogen-bond acceptors (Lipinski definition) is 7. The lowest BCUT2D eigenvalue weighted by Gasteiger charge is -2.28. The third-order valence-corrected chi connectivity index (χ3v) is 5.72. The van der Waals surface area contributed by atoms with E-state index in [4.69, 9.17) is 25.8 Å². The Morgan fingerprint density at radius 3 is 2.58 bits per heavy atom. The van der Waals surface area contributed by atoms with Gasteiger partial charge in [0.2, 0.25) is 0 Å². The molecule has 1 unspecified atom stereocenters. The molecule has 1 amide bonds. The van der Waals surface area contributed by atoms with Gasteiger partial charge < -0.3 is 19.5 Å². The quantitative estimate of drug-likeness (QED) is 0.303. The van der Waals surface area contributed by atoms with Crippen molar-refractivity contribution in [3.05, 3.63) is 44.2 Å². The Hall–Kier alpha value is -2.11. The lowest BCUT2D eigenvalue weighted by Crippen LogP contribution is -2.49. The van der Waals surface area contributed by atoms with Crippen molar-refractivity contribution in [1.82, 2.24) is 14.9 Å². The molecular formula is C21H29BrClN3O7. The number of aromatic amines is 1. The zero-order chi connectivity index (χ0) is 25.1. The molecule has 5 atom stereocenters. The van der Waals surface area contributed by atoms with Crippen LogP contribution >= 0.6 is 27.5 Å². The summed E-state index contributed by atoms with van der Waals surface area (Å²) in [5.41, 5.74) is -1.96. The molecule has 0 radical (unpaired) electrons. The van der Waals surface area contributed by atoms with Crippen LogP contribution in [-0.2, 0) is 19.0 Å². The Bertz CT molecular complexity index is 1000. The smallest absolute Gasteiger partial charge is 0.408 e. The van der Waals surface area contributed by atoms with Gasteiger partial charge in [-0.05, 0) is 48.7 Å². The number of hydrogen-bond donors (Lipinski definition) is 2. The second-order valence-electron chi connectivity index (χ2n) is 8.96. The fourth-order valence-electron chi connectivity index (χ4n) is 3.17. The van der Waals surface area contributed by atoms with E-state index in [9.17, 15) is 19.2 Å². The Labute approximate surface area is 204 Å². The van der Waals surface area contributed by atoms with Crippen LogP contribution in [0.25, 0.3) is 0 Å². The van der Waals surface area contributed by atoms with Crippen LogP contribution in [0.15, 0.2) is 32.9 Å². The maximum absolute atomic E-state index is 12.9. The number of halogens is 2. The fourth-order valence-corrected chi connectivity index (χ4v) is 3.85. The molecule has 33 heavy (non-hydrogen) atoms. The predicted octanol–water partition coefficient (Wildman–Crippen LogP) is 2.84. The van der Waals surface area contributed by atoms with Crippen LogP contribution in [0.4, 0.5) is 4.79 Å². The van der Waals surface area contributed by atoms with Crippen molar-refractivity contribution in [2.24, 2.45) is 5.92 Å². The molecule has 0 spiro atoms. The van der Waals surface area contributed by atoms with E-state index in [0.717, 1.165) is 0 Å². The minimum absolute atomic E-state index is 0.153. The maximum atomic E-state index is 12.9. The third-order valence-electron chi connectivity index (χ3n) is 4.73. The second-order valence-corrected chi connectivity index (χ2v) is 10.4. The van der Waals surface area contributed by atoms with E-state index >= 15 is 0 Å². The van der Waals surface area contributed by atoms with Gasteiger partial charge in [0, 0.05) is 12.6 Å². The molecule has 2 N–H and O–H groups in total. The molecule has 1 aromatic rings. The first-order chi connectivity index (χ1) is 15.2. The number of H-pyrrole nitrogens is 1. The molecule has 0 saturated carbocycles. The van der Waals surface area contributed by atoms with E-state index in [1.165, 1.54) is 16.8 Å². The number of rotatable bonds is 7. The van der Waals surface area contributed by atoms with Gasteiger partial charge >= 0.3 is 17.8 Å². The number of nitrogens with zero attached hydrogens (tertiary/aromatic N) is 1. The number of nitrogens with one attached hydrogen (secondary N) is 2. The van der Waals surface area contributed by atoms with Crippen LogP contribution in [0.2, 0.25) is 0 Å². The van der Waals surface area contributed by atoms with E-state index in [0.29, 0.717) is 0 Å². The zero-order valence-corrected chi connectivity index (χ0v) is 21.4. The fraction of sp³-hybridized carbons (Fsp3) is 0.619. The SMILES string of the molecule is C=CC(OC(=O)[C@@H](NC(=O)OC(C)(C)C)C(C)C)[C@H]1O[C@@H](n2cc(Br)c(=O)[nH]c2=O)C[C@@H]1Cl. The normalized spacial score (nSPS) is 22.5. The number of aromatic nitrogens is 2. The van der Waals surface area contributed by atoms with Crippen molar-refractivity contribution in [2.75, 3.05) is 0 Å². The molecular weight excluding hydrogens is 522 g/mol. The molecule has 1 aliphatic heterocycles. The lowest BCUT2D eigenvalue weighted by atomic mass is 10.0. The number of carbonyl (C=O) groups is 2. The van der Waals surface area contributed by atoms with Gasteiger partial charge in [-0.2, -0.15) is 0 Å². The van der Waals surface area contributed by atoms with E-state index in [1.54, 1.807) is 34.6 Å². The maximum Gasteiger partial charge on any atom is 0.408 e. The van der Waals surface area contributed by atoms with Crippen LogP contribution in [0, 0.1) is 5.92 Å². The van der Waals surface area contributed by atoms with Crippen molar-refractivity contribution in [3.63, 3.8) is 0 Å². The molecule has 0 aromatic carbocycles. The zero-order valence-electron chi connectivity index (χ0n) is 19.1. The number of amides is 1. The first-order valence-corrected chi connectivity index (χ1v) is 11.6. The highest BCUT2D eigenvalue weighted by atomic mass is 79.9.